The van der Waals surface area contributed by atoms with Crippen LogP contribution in [0.3, 0.4) is 0 Å². The number of hydrogen-bond donors (Lipinski definition) is 1. The van der Waals surface area contributed by atoms with Gasteiger partial charge in [0, 0.05) is 11.2 Å². The number of aryl methyl sites for hydroxylation is 1. The topological polar surface area (TPSA) is 37.8 Å². The largest absolute Gasteiger partial charge is 0.305 e. The summed E-state index contributed by atoms with van der Waals surface area (Å²) in [4.78, 5) is 8.67. The van der Waals surface area contributed by atoms with Gasteiger partial charge in [-0.05, 0) is 43.7 Å². The molecule has 1 N–H and O–H groups in total. The minimum absolute atomic E-state index is 0.0823. The van der Waals surface area contributed by atoms with Gasteiger partial charge in [-0.15, -0.1) is 0 Å². The van der Waals surface area contributed by atoms with Crippen LogP contribution < -0.4 is 5.32 Å². The predicted octanol–water partition coefficient (Wildman–Crippen LogP) is 3.53. The van der Waals surface area contributed by atoms with Gasteiger partial charge in [-0.3, -0.25) is 0 Å². The lowest BCUT2D eigenvalue weighted by Gasteiger charge is -2.18. The quantitative estimate of drug-likeness (QED) is 0.907. The van der Waals surface area contributed by atoms with Gasteiger partial charge in [-0.1, -0.05) is 30.7 Å². The standard InChI is InChI=1S/C15H18ClN3/c1-3-9-18-15(12-4-6-13(16)7-5-12)14-8-10-17-11(2)19-14/h4-8,10,15,18H,3,9H2,1-2H3. The Morgan fingerprint density at radius 3 is 2.58 bits per heavy atom. The van der Waals surface area contributed by atoms with Crippen LogP contribution >= 0.6 is 11.6 Å². The molecule has 1 atom stereocenters. The summed E-state index contributed by atoms with van der Waals surface area (Å²) in [7, 11) is 0. The lowest BCUT2D eigenvalue weighted by molar-refractivity contribution is 0.583. The van der Waals surface area contributed by atoms with E-state index in [2.05, 4.69) is 22.2 Å². The molecule has 1 aromatic heterocycles. The first kappa shape index (κ1) is 14.0. The molecule has 0 aliphatic heterocycles. The van der Waals surface area contributed by atoms with Crippen LogP contribution in [-0.2, 0) is 0 Å². The molecule has 2 rings (SSSR count). The summed E-state index contributed by atoms with van der Waals surface area (Å²) in [6.07, 6.45) is 2.88. The fourth-order valence-corrected chi connectivity index (χ4v) is 2.10. The normalized spacial score (nSPS) is 12.4. The fourth-order valence-electron chi connectivity index (χ4n) is 1.97. The summed E-state index contributed by atoms with van der Waals surface area (Å²) in [5.41, 5.74) is 2.15. The average Bonchev–Trinajstić information content (AvgIpc) is 2.41. The maximum atomic E-state index is 5.95. The van der Waals surface area contributed by atoms with Crippen molar-refractivity contribution >= 4 is 11.6 Å². The van der Waals surface area contributed by atoms with Crippen molar-refractivity contribution in [2.75, 3.05) is 6.54 Å². The molecule has 0 aliphatic rings. The first-order valence-corrected chi connectivity index (χ1v) is 6.87. The zero-order valence-corrected chi connectivity index (χ0v) is 12.0. The van der Waals surface area contributed by atoms with Crippen molar-refractivity contribution in [1.29, 1.82) is 0 Å². The van der Waals surface area contributed by atoms with Crippen molar-refractivity contribution in [3.05, 3.63) is 58.6 Å². The van der Waals surface area contributed by atoms with Gasteiger partial charge >= 0.3 is 0 Å². The Balaban J connectivity index is 2.32. The highest BCUT2D eigenvalue weighted by molar-refractivity contribution is 6.30. The average molecular weight is 276 g/mol. The van der Waals surface area contributed by atoms with E-state index in [-0.39, 0.29) is 6.04 Å². The maximum absolute atomic E-state index is 5.95. The minimum atomic E-state index is 0.0823. The minimum Gasteiger partial charge on any atom is -0.305 e. The highest BCUT2D eigenvalue weighted by Crippen LogP contribution is 2.22. The molecular formula is C15H18ClN3. The molecule has 4 heteroatoms. The van der Waals surface area contributed by atoms with E-state index in [1.807, 2.05) is 37.3 Å². The van der Waals surface area contributed by atoms with Crippen molar-refractivity contribution in [2.45, 2.75) is 26.3 Å². The van der Waals surface area contributed by atoms with Gasteiger partial charge in [-0.2, -0.15) is 0 Å². The van der Waals surface area contributed by atoms with E-state index in [0.717, 1.165) is 35.1 Å². The first-order valence-electron chi connectivity index (χ1n) is 6.49. The number of benzene rings is 1. The lowest BCUT2D eigenvalue weighted by atomic mass is 10.0. The molecule has 1 unspecified atom stereocenters. The molecule has 0 fully saturated rings. The molecule has 1 aromatic carbocycles. The lowest BCUT2D eigenvalue weighted by Crippen LogP contribution is -2.24. The molecule has 0 aliphatic carbocycles. The van der Waals surface area contributed by atoms with Crippen molar-refractivity contribution < 1.29 is 0 Å². The Morgan fingerprint density at radius 2 is 1.95 bits per heavy atom. The second kappa shape index (κ2) is 6.64. The molecule has 0 spiro atoms. The van der Waals surface area contributed by atoms with Crippen LogP contribution in [0.4, 0.5) is 0 Å². The fraction of sp³-hybridized carbons (Fsp3) is 0.333. The zero-order chi connectivity index (χ0) is 13.7. The van der Waals surface area contributed by atoms with Crippen molar-refractivity contribution in [3.63, 3.8) is 0 Å². The Morgan fingerprint density at radius 1 is 1.21 bits per heavy atom. The Hall–Kier alpha value is -1.45. The smallest absolute Gasteiger partial charge is 0.125 e. The van der Waals surface area contributed by atoms with E-state index in [1.165, 1.54) is 0 Å². The van der Waals surface area contributed by atoms with E-state index in [0.29, 0.717) is 0 Å². The van der Waals surface area contributed by atoms with E-state index in [1.54, 1.807) is 6.20 Å². The Bertz CT molecular complexity index is 525. The summed E-state index contributed by atoms with van der Waals surface area (Å²) in [6.45, 7) is 5.00. The van der Waals surface area contributed by atoms with E-state index in [4.69, 9.17) is 11.6 Å². The molecule has 0 bridgehead atoms. The van der Waals surface area contributed by atoms with Crippen molar-refractivity contribution in [1.82, 2.24) is 15.3 Å². The van der Waals surface area contributed by atoms with Gasteiger partial charge in [0.2, 0.25) is 0 Å². The Kier molecular flexibility index (Phi) is 4.88. The third kappa shape index (κ3) is 3.75. The number of aromatic nitrogens is 2. The number of rotatable bonds is 5. The molecule has 19 heavy (non-hydrogen) atoms. The highest BCUT2D eigenvalue weighted by Gasteiger charge is 2.14. The van der Waals surface area contributed by atoms with Crippen LogP contribution in [0.1, 0.15) is 36.5 Å². The number of halogens is 1. The monoisotopic (exact) mass is 275 g/mol. The molecule has 0 amide bonds. The summed E-state index contributed by atoms with van der Waals surface area (Å²) in [6, 6.07) is 9.92. The SMILES string of the molecule is CCCNC(c1ccc(Cl)cc1)c1ccnc(C)n1. The van der Waals surface area contributed by atoms with Crippen LogP contribution in [0, 0.1) is 6.92 Å². The molecule has 3 nitrogen and oxygen atoms in total. The summed E-state index contributed by atoms with van der Waals surface area (Å²) in [5.74, 6) is 0.787. The van der Waals surface area contributed by atoms with Crippen LogP contribution in [0.25, 0.3) is 0 Å². The van der Waals surface area contributed by atoms with E-state index >= 15 is 0 Å². The number of nitrogens with zero attached hydrogens (tertiary/aromatic N) is 2. The summed E-state index contributed by atoms with van der Waals surface area (Å²) in [5, 5.41) is 4.26. The van der Waals surface area contributed by atoms with Crippen LogP contribution in [0.2, 0.25) is 5.02 Å². The predicted molar refractivity (Wildman–Crippen MR) is 78.4 cm³/mol. The zero-order valence-electron chi connectivity index (χ0n) is 11.2. The third-order valence-electron chi connectivity index (χ3n) is 2.90. The molecule has 100 valence electrons. The van der Waals surface area contributed by atoms with Crippen molar-refractivity contribution in [2.24, 2.45) is 0 Å². The summed E-state index contributed by atoms with van der Waals surface area (Å²) >= 11 is 5.95. The molecule has 0 saturated heterocycles. The van der Waals surface area contributed by atoms with Crippen LogP contribution in [0.15, 0.2) is 36.5 Å². The Labute approximate surface area is 119 Å². The van der Waals surface area contributed by atoms with Crippen LogP contribution in [-0.4, -0.2) is 16.5 Å². The molecular weight excluding hydrogens is 258 g/mol. The van der Waals surface area contributed by atoms with Gasteiger partial charge < -0.3 is 5.32 Å². The van der Waals surface area contributed by atoms with Gasteiger partial charge in [0.1, 0.15) is 5.82 Å². The van der Waals surface area contributed by atoms with E-state index in [9.17, 15) is 0 Å². The molecule has 0 saturated carbocycles. The maximum Gasteiger partial charge on any atom is 0.125 e. The molecule has 2 aromatic rings. The third-order valence-corrected chi connectivity index (χ3v) is 3.15. The van der Waals surface area contributed by atoms with Gasteiger partial charge in [0.05, 0.1) is 11.7 Å². The second-order valence-corrected chi connectivity index (χ2v) is 4.90. The second-order valence-electron chi connectivity index (χ2n) is 4.47. The van der Waals surface area contributed by atoms with Gasteiger partial charge in [0.25, 0.3) is 0 Å². The van der Waals surface area contributed by atoms with E-state index < -0.39 is 0 Å². The molecule has 0 radical (unpaired) electrons. The highest BCUT2D eigenvalue weighted by atomic mass is 35.5. The number of nitrogens with one attached hydrogen (secondary N) is 1. The van der Waals surface area contributed by atoms with Crippen LogP contribution in [0.5, 0.6) is 0 Å². The molecule has 1 heterocycles. The van der Waals surface area contributed by atoms with Gasteiger partial charge in [0.15, 0.2) is 0 Å². The summed E-state index contributed by atoms with van der Waals surface area (Å²) < 4.78 is 0. The number of hydrogen-bond acceptors (Lipinski definition) is 3. The van der Waals surface area contributed by atoms with Gasteiger partial charge in [-0.25, -0.2) is 9.97 Å². The van der Waals surface area contributed by atoms with Crippen molar-refractivity contribution in [3.8, 4) is 0 Å². The first-order chi connectivity index (χ1) is 9.20.